The highest BCUT2D eigenvalue weighted by Crippen LogP contribution is 2.36. The number of hydrogen-bond donors (Lipinski definition) is 0. The summed E-state index contributed by atoms with van der Waals surface area (Å²) in [5.74, 6) is 0.449. The Morgan fingerprint density at radius 3 is 2.43 bits per heavy atom. The first kappa shape index (κ1) is 24.1. The minimum atomic E-state index is -0.239. The number of benzene rings is 2. The van der Waals surface area contributed by atoms with Gasteiger partial charge in [-0.05, 0) is 91.4 Å². The summed E-state index contributed by atoms with van der Waals surface area (Å²) >= 11 is 4.52. The molecule has 1 aromatic heterocycles. The highest BCUT2D eigenvalue weighted by atomic mass is 79.9. The van der Waals surface area contributed by atoms with E-state index in [0.29, 0.717) is 10.8 Å². The normalized spacial score (nSPS) is 18.1. The number of halogens is 1. The van der Waals surface area contributed by atoms with Crippen LogP contribution in [0.2, 0.25) is 0 Å². The van der Waals surface area contributed by atoms with Crippen molar-refractivity contribution in [1.29, 1.82) is 0 Å². The predicted octanol–water partition coefficient (Wildman–Crippen LogP) is 8.14. The summed E-state index contributed by atoms with van der Waals surface area (Å²) in [4.78, 5) is 27.5. The van der Waals surface area contributed by atoms with E-state index in [1.807, 2.05) is 30.3 Å². The third-order valence-electron chi connectivity index (χ3n) is 7.14. The van der Waals surface area contributed by atoms with Crippen molar-refractivity contribution < 1.29 is 9.59 Å². The highest BCUT2D eigenvalue weighted by molar-refractivity contribution is 9.10. The van der Waals surface area contributed by atoms with Crippen LogP contribution in [0.5, 0.6) is 0 Å². The molecule has 3 aromatic rings. The maximum absolute atomic E-state index is 13.1. The van der Waals surface area contributed by atoms with Crippen molar-refractivity contribution in [2.24, 2.45) is 0 Å². The van der Waals surface area contributed by atoms with Gasteiger partial charge in [-0.15, -0.1) is 0 Å². The number of thioether (sulfide) groups is 1. The third-order valence-corrected chi connectivity index (χ3v) is 8.83. The topological polar surface area (TPSA) is 42.3 Å². The Morgan fingerprint density at radius 2 is 1.71 bits per heavy atom. The van der Waals surface area contributed by atoms with Crippen LogP contribution < -0.4 is 0 Å². The van der Waals surface area contributed by atoms with E-state index in [-0.39, 0.29) is 17.7 Å². The predicted molar refractivity (Wildman–Crippen MR) is 147 cm³/mol. The van der Waals surface area contributed by atoms with Crippen molar-refractivity contribution in [3.05, 3.63) is 92.1 Å². The van der Waals surface area contributed by atoms with Gasteiger partial charge in [0.1, 0.15) is 0 Å². The standard InChI is InChI=1S/C29H29BrN2O2S/c1-19-16-24(17-27-28(33)31(29(34)35-27)18-23-10-6-7-11-26(23)30)20(2)32(19)25-14-12-22(13-15-25)21-8-4-3-5-9-21/h6-7,10-17,21H,3-5,8-9,18H2,1-2H3/b27-17-. The van der Waals surface area contributed by atoms with Gasteiger partial charge in [0.15, 0.2) is 0 Å². The van der Waals surface area contributed by atoms with E-state index in [9.17, 15) is 9.59 Å². The van der Waals surface area contributed by atoms with Crippen LogP contribution in [-0.2, 0) is 11.3 Å². The van der Waals surface area contributed by atoms with Crippen LogP contribution >= 0.6 is 27.7 Å². The van der Waals surface area contributed by atoms with Gasteiger partial charge in [-0.3, -0.25) is 14.5 Å². The fourth-order valence-corrected chi connectivity index (χ4v) is 6.48. The molecule has 0 bridgehead atoms. The van der Waals surface area contributed by atoms with E-state index in [4.69, 9.17) is 0 Å². The maximum atomic E-state index is 13.1. The molecule has 6 heteroatoms. The first-order valence-corrected chi connectivity index (χ1v) is 13.8. The molecule has 1 saturated carbocycles. The van der Waals surface area contributed by atoms with Crippen molar-refractivity contribution in [2.45, 2.75) is 58.4 Å². The fourth-order valence-electron chi connectivity index (χ4n) is 5.24. The highest BCUT2D eigenvalue weighted by Gasteiger charge is 2.35. The summed E-state index contributed by atoms with van der Waals surface area (Å²) in [6.45, 7) is 4.41. The maximum Gasteiger partial charge on any atom is 0.293 e. The zero-order valence-electron chi connectivity index (χ0n) is 20.1. The number of aromatic nitrogens is 1. The molecule has 0 atom stereocenters. The second-order valence-corrected chi connectivity index (χ2v) is 11.3. The fraction of sp³-hybridized carbons (Fsp3) is 0.310. The van der Waals surface area contributed by atoms with Crippen LogP contribution in [0.25, 0.3) is 11.8 Å². The van der Waals surface area contributed by atoms with E-state index in [2.05, 4.69) is 64.7 Å². The molecule has 35 heavy (non-hydrogen) atoms. The first-order valence-electron chi connectivity index (χ1n) is 12.2. The summed E-state index contributed by atoms with van der Waals surface area (Å²) in [6, 6.07) is 18.7. The van der Waals surface area contributed by atoms with E-state index in [0.717, 1.165) is 44.4 Å². The summed E-state index contributed by atoms with van der Waals surface area (Å²) in [5.41, 5.74) is 6.60. The molecule has 2 heterocycles. The summed E-state index contributed by atoms with van der Waals surface area (Å²) in [5, 5.41) is -0.232. The second-order valence-electron chi connectivity index (χ2n) is 9.45. The molecule has 1 aliphatic heterocycles. The van der Waals surface area contributed by atoms with Gasteiger partial charge in [0.25, 0.3) is 11.1 Å². The van der Waals surface area contributed by atoms with Gasteiger partial charge in [0.2, 0.25) is 0 Å². The molecule has 2 amide bonds. The number of rotatable bonds is 5. The average molecular weight is 550 g/mol. The quantitative estimate of drug-likeness (QED) is 0.302. The van der Waals surface area contributed by atoms with Crippen LogP contribution in [0.15, 0.2) is 64.0 Å². The van der Waals surface area contributed by atoms with Crippen LogP contribution in [0, 0.1) is 13.8 Å². The largest absolute Gasteiger partial charge is 0.318 e. The van der Waals surface area contributed by atoms with Gasteiger partial charge in [-0.25, -0.2) is 0 Å². The van der Waals surface area contributed by atoms with Crippen LogP contribution in [-0.4, -0.2) is 20.6 Å². The molecule has 1 saturated heterocycles. The van der Waals surface area contributed by atoms with E-state index in [1.54, 1.807) is 0 Å². The van der Waals surface area contributed by atoms with E-state index in [1.165, 1.54) is 42.6 Å². The molecule has 0 N–H and O–H groups in total. The van der Waals surface area contributed by atoms with Gasteiger partial charge in [0.05, 0.1) is 11.4 Å². The molecule has 5 rings (SSSR count). The number of carbonyl (C=O) groups is 2. The monoisotopic (exact) mass is 548 g/mol. The van der Waals surface area contributed by atoms with Gasteiger partial charge < -0.3 is 4.57 Å². The Labute approximate surface area is 219 Å². The van der Waals surface area contributed by atoms with Crippen molar-refractivity contribution >= 4 is 44.9 Å². The van der Waals surface area contributed by atoms with Crippen LogP contribution in [0.3, 0.4) is 0 Å². The number of imide groups is 1. The minimum Gasteiger partial charge on any atom is -0.318 e. The smallest absolute Gasteiger partial charge is 0.293 e. The van der Waals surface area contributed by atoms with Gasteiger partial charge in [-0.2, -0.15) is 0 Å². The van der Waals surface area contributed by atoms with Crippen LogP contribution in [0.1, 0.15) is 66.1 Å². The van der Waals surface area contributed by atoms with Crippen LogP contribution in [0.4, 0.5) is 4.79 Å². The average Bonchev–Trinajstić information content (AvgIpc) is 3.30. The Hall–Kier alpha value is -2.57. The minimum absolute atomic E-state index is 0.232. The number of hydrogen-bond acceptors (Lipinski definition) is 3. The number of aryl methyl sites for hydroxylation is 1. The number of nitrogens with zero attached hydrogens (tertiary/aromatic N) is 2. The number of carbonyl (C=O) groups excluding carboxylic acids is 2. The lowest BCUT2D eigenvalue weighted by atomic mass is 9.84. The molecule has 2 fully saturated rings. The molecular formula is C29H29BrN2O2S. The van der Waals surface area contributed by atoms with Crippen molar-refractivity contribution in [2.75, 3.05) is 0 Å². The lowest BCUT2D eigenvalue weighted by Crippen LogP contribution is -2.27. The van der Waals surface area contributed by atoms with Crippen molar-refractivity contribution in [1.82, 2.24) is 9.47 Å². The Kier molecular flexibility index (Phi) is 7.03. The van der Waals surface area contributed by atoms with E-state index >= 15 is 0 Å². The third kappa shape index (κ3) is 4.91. The van der Waals surface area contributed by atoms with Crippen molar-refractivity contribution in [3.63, 3.8) is 0 Å². The molecule has 4 nitrogen and oxygen atoms in total. The van der Waals surface area contributed by atoms with Gasteiger partial charge >= 0.3 is 0 Å². The molecule has 0 radical (unpaired) electrons. The lowest BCUT2D eigenvalue weighted by Gasteiger charge is -2.22. The Bertz CT molecular complexity index is 1300. The second kappa shape index (κ2) is 10.2. The Morgan fingerprint density at radius 1 is 1.00 bits per heavy atom. The van der Waals surface area contributed by atoms with E-state index < -0.39 is 0 Å². The molecule has 0 unspecified atom stereocenters. The SMILES string of the molecule is Cc1cc(/C=C2\SC(=O)N(Cc3ccccc3Br)C2=O)c(C)n1-c1ccc(C2CCCCC2)cc1. The molecule has 180 valence electrons. The molecule has 1 aliphatic carbocycles. The molecule has 2 aromatic carbocycles. The summed E-state index contributed by atoms with van der Waals surface area (Å²) in [6.07, 6.45) is 8.48. The van der Waals surface area contributed by atoms with Gasteiger partial charge in [0, 0.05) is 21.5 Å². The number of amides is 2. The van der Waals surface area contributed by atoms with Gasteiger partial charge in [-0.1, -0.05) is 65.5 Å². The first-order chi connectivity index (χ1) is 16.9. The lowest BCUT2D eigenvalue weighted by molar-refractivity contribution is -0.123. The van der Waals surface area contributed by atoms with Crippen molar-refractivity contribution in [3.8, 4) is 5.69 Å². The summed E-state index contributed by atoms with van der Waals surface area (Å²) in [7, 11) is 0. The summed E-state index contributed by atoms with van der Waals surface area (Å²) < 4.78 is 3.11. The molecular weight excluding hydrogens is 520 g/mol. The zero-order chi connectivity index (χ0) is 24.5. The zero-order valence-corrected chi connectivity index (χ0v) is 22.5. The molecule has 0 spiro atoms. The Balaban J connectivity index is 1.38. The molecule has 2 aliphatic rings.